The lowest BCUT2D eigenvalue weighted by Crippen LogP contribution is -2.37. The summed E-state index contributed by atoms with van der Waals surface area (Å²) in [7, 11) is 1.59. The summed E-state index contributed by atoms with van der Waals surface area (Å²) in [5.74, 6) is 0.623. The molecule has 1 amide bonds. The second-order valence-electron chi connectivity index (χ2n) is 4.39. The van der Waals surface area contributed by atoms with Crippen LogP contribution in [0.4, 0.5) is 5.69 Å². The van der Waals surface area contributed by atoms with E-state index in [0.29, 0.717) is 12.2 Å². The van der Waals surface area contributed by atoms with Gasteiger partial charge in [-0.2, -0.15) is 0 Å². The molecule has 1 aromatic rings. The van der Waals surface area contributed by atoms with Crippen molar-refractivity contribution in [1.29, 1.82) is 0 Å². The summed E-state index contributed by atoms with van der Waals surface area (Å²) in [6.07, 6.45) is 0. The van der Waals surface area contributed by atoms with Crippen LogP contribution >= 0.6 is 28.3 Å². The number of hydrogen-bond acceptors (Lipinski definition) is 3. The number of hydrogen-bond donors (Lipinski definition) is 2. The third-order valence-corrected chi connectivity index (χ3v) is 3.15. The van der Waals surface area contributed by atoms with Gasteiger partial charge in [0.15, 0.2) is 0 Å². The van der Waals surface area contributed by atoms with Crippen LogP contribution < -0.4 is 15.8 Å². The number of ether oxygens (including phenoxy) is 1. The van der Waals surface area contributed by atoms with Crippen LogP contribution in [0.25, 0.3) is 0 Å². The van der Waals surface area contributed by atoms with Gasteiger partial charge in [0.05, 0.1) is 17.0 Å². The van der Waals surface area contributed by atoms with Crippen molar-refractivity contribution in [3.8, 4) is 5.75 Å². The van der Waals surface area contributed by atoms with Crippen molar-refractivity contribution in [2.75, 3.05) is 19.0 Å². The summed E-state index contributed by atoms with van der Waals surface area (Å²) in [6, 6.07) is 5.37. The zero-order chi connectivity index (χ0) is 13.1. The Bertz CT molecular complexity index is 425. The maximum absolute atomic E-state index is 11.9. The van der Waals surface area contributed by atoms with E-state index in [9.17, 15) is 4.79 Å². The fourth-order valence-corrected chi connectivity index (χ4v) is 1.68. The monoisotopic (exact) mass is 336 g/mol. The summed E-state index contributed by atoms with van der Waals surface area (Å²) in [4.78, 5) is 11.9. The van der Waals surface area contributed by atoms with E-state index in [4.69, 9.17) is 10.5 Å². The fourth-order valence-electron chi connectivity index (χ4n) is 1.14. The van der Waals surface area contributed by atoms with E-state index in [1.54, 1.807) is 39.2 Å². The first kappa shape index (κ1) is 17.2. The molecule has 0 saturated carbocycles. The van der Waals surface area contributed by atoms with E-state index >= 15 is 0 Å². The maximum Gasteiger partial charge on any atom is 0.231 e. The minimum atomic E-state index is -0.577. The average Bonchev–Trinajstić information content (AvgIpc) is 2.29. The number of nitrogens with two attached hydrogens (primary N) is 1. The molecule has 0 saturated heterocycles. The van der Waals surface area contributed by atoms with Crippen molar-refractivity contribution in [3.63, 3.8) is 0 Å². The quantitative estimate of drug-likeness (QED) is 0.888. The van der Waals surface area contributed by atoms with Gasteiger partial charge in [0.2, 0.25) is 5.91 Å². The van der Waals surface area contributed by atoms with Gasteiger partial charge < -0.3 is 15.8 Å². The van der Waals surface area contributed by atoms with Crippen LogP contribution in [0.1, 0.15) is 13.8 Å². The molecule has 1 rings (SSSR count). The summed E-state index contributed by atoms with van der Waals surface area (Å²) in [5.41, 5.74) is 5.68. The molecule has 1 aromatic carbocycles. The van der Waals surface area contributed by atoms with Crippen molar-refractivity contribution >= 4 is 39.9 Å². The second kappa shape index (κ2) is 6.97. The van der Waals surface area contributed by atoms with Crippen LogP contribution in [-0.4, -0.2) is 19.6 Å². The number of halogens is 2. The number of carbonyl (C=O) groups excluding carboxylic acids is 1. The fraction of sp³-hybridized carbons (Fsp3) is 0.417. The lowest BCUT2D eigenvalue weighted by Gasteiger charge is -2.21. The first-order valence-corrected chi connectivity index (χ1v) is 6.05. The van der Waals surface area contributed by atoms with Gasteiger partial charge >= 0.3 is 0 Å². The molecule has 0 bridgehead atoms. The molecule has 0 fully saturated rings. The smallest absolute Gasteiger partial charge is 0.231 e. The molecule has 0 aliphatic rings. The van der Waals surface area contributed by atoms with E-state index in [2.05, 4.69) is 21.2 Å². The number of rotatable bonds is 4. The standard InChI is InChI=1S/C12H17BrN2O2.ClH/c1-12(2,7-14)11(16)15-8-4-5-10(17-3)9(13)6-8;/h4-6H,7,14H2,1-3H3,(H,15,16);1H. The Balaban J connectivity index is 0.00000289. The van der Waals surface area contributed by atoms with Crippen molar-refractivity contribution in [3.05, 3.63) is 22.7 Å². The van der Waals surface area contributed by atoms with E-state index in [1.165, 1.54) is 0 Å². The normalized spacial score (nSPS) is 10.5. The van der Waals surface area contributed by atoms with Crippen LogP contribution in [0.3, 0.4) is 0 Å². The first-order chi connectivity index (χ1) is 7.90. The number of carbonyl (C=O) groups is 1. The van der Waals surface area contributed by atoms with Gasteiger partial charge in [0, 0.05) is 12.2 Å². The van der Waals surface area contributed by atoms with Crippen LogP contribution in [0.5, 0.6) is 5.75 Å². The van der Waals surface area contributed by atoms with Crippen molar-refractivity contribution in [2.24, 2.45) is 11.1 Å². The third-order valence-electron chi connectivity index (χ3n) is 2.53. The Kier molecular flexibility index (Phi) is 6.67. The minimum Gasteiger partial charge on any atom is -0.496 e. The van der Waals surface area contributed by atoms with Crippen LogP contribution in [0.2, 0.25) is 0 Å². The van der Waals surface area contributed by atoms with Crippen LogP contribution in [-0.2, 0) is 4.79 Å². The molecular weight excluding hydrogens is 320 g/mol. The van der Waals surface area contributed by atoms with Gasteiger partial charge in [0.25, 0.3) is 0 Å². The van der Waals surface area contributed by atoms with Gasteiger partial charge in [-0.3, -0.25) is 4.79 Å². The van der Waals surface area contributed by atoms with E-state index < -0.39 is 5.41 Å². The summed E-state index contributed by atoms with van der Waals surface area (Å²) >= 11 is 3.36. The topological polar surface area (TPSA) is 64.3 Å². The highest BCUT2D eigenvalue weighted by Crippen LogP contribution is 2.28. The lowest BCUT2D eigenvalue weighted by atomic mass is 9.92. The highest BCUT2D eigenvalue weighted by atomic mass is 79.9. The second-order valence-corrected chi connectivity index (χ2v) is 5.25. The van der Waals surface area contributed by atoms with Crippen LogP contribution in [0, 0.1) is 5.41 Å². The molecule has 0 aromatic heterocycles. The first-order valence-electron chi connectivity index (χ1n) is 5.26. The van der Waals surface area contributed by atoms with Gasteiger partial charge in [-0.05, 0) is 48.0 Å². The van der Waals surface area contributed by atoms with Gasteiger partial charge in [-0.15, -0.1) is 12.4 Å². The van der Waals surface area contributed by atoms with Crippen LogP contribution in [0.15, 0.2) is 22.7 Å². The Morgan fingerprint density at radius 1 is 1.50 bits per heavy atom. The highest BCUT2D eigenvalue weighted by molar-refractivity contribution is 9.10. The minimum absolute atomic E-state index is 0. The molecule has 6 heteroatoms. The zero-order valence-electron chi connectivity index (χ0n) is 10.6. The average molecular weight is 338 g/mol. The molecule has 0 aliphatic heterocycles. The van der Waals surface area contributed by atoms with Crippen molar-refractivity contribution in [2.45, 2.75) is 13.8 Å². The highest BCUT2D eigenvalue weighted by Gasteiger charge is 2.25. The number of nitrogens with one attached hydrogen (secondary N) is 1. The molecule has 0 radical (unpaired) electrons. The number of benzene rings is 1. The largest absolute Gasteiger partial charge is 0.496 e. The van der Waals surface area contributed by atoms with Gasteiger partial charge in [-0.1, -0.05) is 0 Å². The van der Waals surface area contributed by atoms with E-state index in [-0.39, 0.29) is 18.3 Å². The van der Waals surface area contributed by atoms with Gasteiger partial charge in [0.1, 0.15) is 5.75 Å². The van der Waals surface area contributed by atoms with Crippen molar-refractivity contribution < 1.29 is 9.53 Å². The predicted octanol–water partition coefficient (Wildman–Crippen LogP) is 2.80. The number of methoxy groups -OCH3 is 1. The molecular formula is C12H18BrClN2O2. The zero-order valence-corrected chi connectivity index (χ0v) is 13.0. The number of amides is 1. The van der Waals surface area contributed by atoms with Crippen molar-refractivity contribution in [1.82, 2.24) is 0 Å². The molecule has 0 aliphatic carbocycles. The van der Waals surface area contributed by atoms with Gasteiger partial charge in [-0.25, -0.2) is 0 Å². The maximum atomic E-state index is 11.9. The Labute approximate surface area is 122 Å². The molecule has 0 unspecified atom stereocenters. The Morgan fingerprint density at radius 3 is 2.56 bits per heavy atom. The molecule has 102 valence electrons. The Morgan fingerprint density at radius 2 is 2.11 bits per heavy atom. The molecule has 3 N–H and O–H groups in total. The summed E-state index contributed by atoms with van der Waals surface area (Å²) in [6.45, 7) is 3.91. The molecule has 0 heterocycles. The number of anilines is 1. The lowest BCUT2D eigenvalue weighted by molar-refractivity contribution is -0.123. The summed E-state index contributed by atoms with van der Waals surface area (Å²) in [5, 5.41) is 2.82. The molecule has 4 nitrogen and oxygen atoms in total. The Hall–Kier alpha value is -0.780. The SMILES string of the molecule is COc1ccc(NC(=O)C(C)(C)CN)cc1Br.Cl. The molecule has 18 heavy (non-hydrogen) atoms. The van der Waals surface area contributed by atoms with E-state index in [0.717, 1.165) is 10.2 Å². The molecule has 0 spiro atoms. The van der Waals surface area contributed by atoms with E-state index in [1.807, 2.05) is 0 Å². The molecule has 0 atom stereocenters. The predicted molar refractivity (Wildman–Crippen MR) is 79.4 cm³/mol. The summed E-state index contributed by atoms with van der Waals surface area (Å²) < 4.78 is 5.91. The third kappa shape index (κ3) is 4.15.